The van der Waals surface area contributed by atoms with E-state index in [1.807, 2.05) is 6.92 Å². The van der Waals surface area contributed by atoms with E-state index in [2.05, 4.69) is 18.2 Å². The second kappa shape index (κ2) is 7.46. The molecule has 0 bridgehead atoms. The number of hydrogen-bond acceptors (Lipinski definition) is 2. The first kappa shape index (κ1) is 15.9. The fourth-order valence-corrected chi connectivity index (χ4v) is 3.07. The van der Waals surface area contributed by atoms with Gasteiger partial charge in [0.1, 0.15) is 0 Å². The molecule has 1 rings (SSSR count). The Morgan fingerprint density at radius 2 is 1.89 bits per heavy atom. The second-order valence-electron chi connectivity index (χ2n) is 4.77. The molecule has 106 valence electrons. The number of nitrogens with one attached hydrogen (secondary N) is 1. The van der Waals surface area contributed by atoms with Gasteiger partial charge in [0.25, 0.3) is 0 Å². The molecule has 0 amide bonds. The van der Waals surface area contributed by atoms with Gasteiger partial charge in [-0.05, 0) is 25.5 Å². The summed E-state index contributed by atoms with van der Waals surface area (Å²) in [5.41, 5.74) is 1.04. The lowest BCUT2D eigenvalue weighted by molar-refractivity contribution is 0.548. The van der Waals surface area contributed by atoms with Gasteiger partial charge in [-0.3, -0.25) is 0 Å². The minimum absolute atomic E-state index is 0.196. The summed E-state index contributed by atoms with van der Waals surface area (Å²) in [5, 5.41) is 0. The molecule has 1 N–H and O–H groups in total. The predicted molar refractivity (Wildman–Crippen MR) is 79.6 cm³/mol. The van der Waals surface area contributed by atoms with Crippen molar-refractivity contribution >= 4 is 10.0 Å². The van der Waals surface area contributed by atoms with Crippen molar-refractivity contribution < 1.29 is 8.42 Å². The maximum Gasteiger partial charge on any atom is 0.241 e. The standard InChI is InChI=1S/C15H23NO2S/c1-4-6-7-8-14(5-2)16-19(17,18)15-11-9-13(3)10-12-15/h5,9-12,14,16H,2,4,6-8H2,1,3H3. The van der Waals surface area contributed by atoms with Crippen molar-refractivity contribution in [2.24, 2.45) is 0 Å². The van der Waals surface area contributed by atoms with Gasteiger partial charge >= 0.3 is 0 Å². The van der Waals surface area contributed by atoms with Gasteiger partial charge in [-0.15, -0.1) is 6.58 Å². The highest BCUT2D eigenvalue weighted by Gasteiger charge is 2.17. The Hall–Kier alpha value is -1.13. The van der Waals surface area contributed by atoms with Crippen molar-refractivity contribution in [3.8, 4) is 0 Å². The van der Waals surface area contributed by atoms with Crippen LogP contribution in [0.1, 0.15) is 38.2 Å². The molecule has 3 nitrogen and oxygen atoms in total. The third-order valence-corrected chi connectivity index (χ3v) is 4.55. The van der Waals surface area contributed by atoms with Crippen LogP contribution in [0.25, 0.3) is 0 Å². The average molecular weight is 281 g/mol. The molecule has 0 aliphatic carbocycles. The van der Waals surface area contributed by atoms with Crippen LogP contribution in [0.4, 0.5) is 0 Å². The molecule has 0 saturated carbocycles. The van der Waals surface area contributed by atoms with Crippen molar-refractivity contribution in [2.75, 3.05) is 0 Å². The first-order valence-electron chi connectivity index (χ1n) is 6.71. The Labute approximate surface area is 116 Å². The third-order valence-electron chi connectivity index (χ3n) is 3.04. The van der Waals surface area contributed by atoms with Gasteiger partial charge in [0.2, 0.25) is 10.0 Å². The maximum atomic E-state index is 12.2. The lowest BCUT2D eigenvalue weighted by Gasteiger charge is -2.15. The first-order valence-corrected chi connectivity index (χ1v) is 8.19. The van der Waals surface area contributed by atoms with Gasteiger partial charge < -0.3 is 0 Å². The zero-order valence-electron chi connectivity index (χ0n) is 11.7. The van der Waals surface area contributed by atoms with E-state index in [1.165, 1.54) is 0 Å². The van der Waals surface area contributed by atoms with Crippen molar-refractivity contribution in [3.05, 3.63) is 42.5 Å². The summed E-state index contributed by atoms with van der Waals surface area (Å²) >= 11 is 0. The van der Waals surface area contributed by atoms with Gasteiger partial charge in [0.15, 0.2) is 0 Å². The molecule has 1 atom stereocenters. The van der Waals surface area contributed by atoms with E-state index in [-0.39, 0.29) is 6.04 Å². The molecule has 0 aliphatic rings. The number of unbranched alkanes of at least 4 members (excludes halogenated alkanes) is 2. The highest BCUT2D eigenvalue weighted by atomic mass is 32.2. The SMILES string of the molecule is C=CC(CCCCC)NS(=O)(=O)c1ccc(C)cc1. The Balaban J connectivity index is 2.71. The zero-order valence-corrected chi connectivity index (χ0v) is 12.5. The largest absolute Gasteiger partial charge is 0.241 e. The van der Waals surface area contributed by atoms with Crippen LogP contribution in [0.15, 0.2) is 41.8 Å². The smallest absolute Gasteiger partial charge is 0.207 e. The van der Waals surface area contributed by atoms with E-state index >= 15 is 0 Å². The molecule has 1 unspecified atom stereocenters. The fourth-order valence-electron chi connectivity index (χ4n) is 1.82. The lowest BCUT2D eigenvalue weighted by atomic mass is 10.1. The average Bonchev–Trinajstić information content (AvgIpc) is 2.38. The third kappa shape index (κ3) is 5.17. The van der Waals surface area contributed by atoms with Gasteiger partial charge in [-0.1, -0.05) is 50.0 Å². The molecule has 0 spiro atoms. The van der Waals surface area contributed by atoms with Crippen LogP contribution in [-0.2, 0) is 10.0 Å². The quantitative estimate of drug-likeness (QED) is 0.586. The van der Waals surface area contributed by atoms with Crippen molar-refractivity contribution in [1.82, 2.24) is 4.72 Å². The molecule has 4 heteroatoms. The predicted octanol–water partition coefficient (Wildman–Crippen LogP) is 3.41. The number of sulfonamides is 1. The second-order valence-corrected chi connectivity index (χ2v) is 6.49. The van der Waals surface area contributed by atoms with E-state index in [9.17, 15) is 8.42 Å². The maximum absolute atomic E-state index is 12.2. The number of hydrogen-bond donors (Lipinski definition) is 1. The molecule has 0 radical (unpaired) electrons. The van der Waals surface area contributed by atoms with Crippen molar-refractivity contribution in [1.29, 1.82) is 0 Å². The molecule has 1 aromatic rings. The van der Waals surface area contributed by atoms with Crippen LogP contribution in [-0.4, -0.2) is 14.5 Å². The number of rotatable bonds is 8. The van der Waals surface area contributed by atoms with Crippen molar-refractivity contribution in [2.45, 2.75) is 50.5 Å². The Bertz CT molecular complexity index is 491. The van der Waals surface area contributed by atoms with Crippen LogP contribution in [0.5, 0.6) is 0 Å². The summed E-state index contributed by atoms with van der Waals surface area (Å²) < 4.78 is 27.1. The molecular weight excluding hydrogens is 258 g/mol. The van der Waals surface area contributed by atoms with E-state index < -0.39 is 10.0 Å². The summed E-state index contributed by atoms with van der Waals surface area (Å²) in [6, 6.07) is 6.66. The lowest BCUT2D eigenvalue weighted by Crippen LogP contribution is -2.33. The molecule has 0 fully saturated rings. The van der Waals surface area contributed by atoms with Crippen LogP contribution >= 0.6 is 0 Å². The van der Waals surface area contributed by atoms with Crippen LogP contribution in [0.2, 0.25) is 0 Å². The van der Waals surface area contributed by atoms with Gasteiger partial charge in [0, 0.05) is 6.04 Å². The zero-order chi connectivity index (χ0) is 14.3. The van der Waals surface area contributed by atoms with E-state index in [4.69, 9.17) is 0 Å². The fraction of sp³-hybridized carbons (Fsp3) is 0.467. The summed E-state index contributed by atoms with van der Waals surface area (Å²) in [7, 11) is -3.45. The Morgan fingerprint density at radius 3 is 2.42 bits per heavy atom. The monoisotopic (exact) mass is 281 g/mol. The number of aryl methyl sites for hydroxylation is 1. The van der Waals surface area contributed by atoms with E-state index in [1.54, 1.807) is 30.3 Å². The van der Waals surface area contributed by atoms with Gasteiger partial charge in [-0.2, -0.15) is 0 Å². The molecular formula is C15H23NO2S. The molecule has 0 saturated heterocycles. The highest BCUT2D eigenvalue weighted by molar-refractivity contribution is 7.89. The van der Waals surface area contributed by atoms with Crippen LogP contribution in [0, 0.1) is 6.92 Å². The van der Waals surface area contributed by atoms with Crippen LogP contribution in [0.3, 0.4) is 0 Å². The van der Waals surface area contributed by atoms with Gasteiger partial charge in [-0.25, -0.2) is 13.1 Å². The summed E-state index contributed by atoms with van der Waals surface area (Å²) in [6.45, 7) is 7.76. The normalized spacial score (nSPS) is 13.2. The van der Waals surface area contributed by atoms with E-state index in [0.29, 0.717) is 4.90 Å². The molecule has 0 aliphatic heterocycles. The van der Waals surface area contributed by atoms with E-state index in [0.717, 1.165) is 31.2 Å². The highest BCUT2D eigenvalue weighted by Crippen LogP contribution is 2.12. The minimum atomic E-state index is -3.45. The summed E-state index contributed by atoms with van der Waals surface area (Å²) in [4.78, 5) is 0.306. The Morgan fingerprint density at radius 1 is 1.26 bits per heavy atom. The molecule has 0 aromatic heterocycles. The van der Waals surface area contributed by atoms with Crippen molar-refractivity contribution in [3.63, 3.8) is 0 Å². The summed E-state index contributed by atoms with van der Waals surface area (Å²) in [5.74, 6) is 0. The first-order chi connectivity index (χ1) is 8.99. The number of benzene rings is 1. The van der Waals surface area contributed by atoms with Crippen LogP contribution < -0.4 is 4.72 Å². The minimum Gasteiger partial charge on any atom is -0.207 e. The Kier molecular flexibility index (Phi) is 6.25. The van der Waals surface area contributed by atoms with Gasteiger partial charge in [0.05, 0.1) is 4.90 Å². The molecule has 0 heterocycles. The molecule has 19 heavy (non-hydrogen) atoms. The summed E-state index contributed by atoms with van der Waals surface area (Å²) in [6.07, 6.45) is 5.69. The topological polar surface area (TPSA) is 46.2 Å². The molecule has 1 aromatic carbocycles.